The number of rotatable bonds is 4. The molecule has 0 bridgehead atoms. The number of halogens is 4. The Kier molecular flexibility index (Phi) is 6.02. The molecule has 0 amide bonds. The summed E-state index contributed by atoms with van der Waals surface area (Å²) in [6.45, 7) is 2.53. The molecule has 4 aliphatic carbocycles. The van der Waals surface area contributed by atoms with Crippen molar-refractivity contribution in [3.05, 3.63) is 22.2 Å². The minimum atomic E-state index is -2.05. The zero-order valence-corrected chi connectivity index (χ0v) is 21.3. The number of alkyl halides is 3. The van der Waals surface area contributed by atoms with Gasteiger partial charge in [-0.2, -0.15) is 0 Å². The summed E-state index contributed by atoms with van der Waals surface area (Å²) in [5.41, 5.74) is -3.75. The number of hydrogen-bond acceptors (Lipinski definition) is 5. The second-order valence-corrected chi connectivity index (χ2v) is 12.3. The molecule has 0 spiro atoms. The molecule has 4 aliphatic rings. The van der Waals surface area contributed by atoms with E-state index in [9.17, 15) is 29.7 Å². The number of Topliss-reactive ketones (excluding diaryl/α,β-unsaturated/α-hetero) is 1. The average Bonchev–Trinajstić information content (AvgIpc) is 3.04. The van der Waals surface area contributed by atoms with Gasteiger partial charge < -0.3 is 15.3 Å². The number of aliphatic carboxylic acids is 1. The van der Waals surface area contributed by atoms with E-state index >= 15 is 4.39 Å². The standard InChI is InChI=1S/C23H26BrCl2FO6/c1-20-8-16(25)23(26)11(5-14(27)12-6-15(29)13(24)7-21(12,23)2)10(20)3-4-22(20,17(30)9-28)18(31)19(32)33/h6-7,10-11,14,16,18,28,31H,3-5,8-9H2,1-2H3,(H,32,33)/t10-,11-,14+,16-,18?,20-,21-,22+,23-/m0/s1. The fourth-order valence-electron chi connectivity index (χ4n) is 7.67. The predicted molar refractivity (Wildman–Crippen MR) is 123 cm³/mol. The van der Waals surface area contributed by atoms with Crippen LogP contribution < -0.4 is 0 Å². The van der Waals surface area contributed by atoms with Crippen molar-refractivity contribution >= 4 is 56.7 Å². The summed E-state index contributed by atoms with van der Waals surface area (Å²) in [5, 5.41) is 29.2. The molecule has 0 aliphatic heterocycles. The number of carboxylic acids is 1. The molecule has 0 heterocycles. The molecule has 1 unspecified atom stereocenters. The van der Waals surface area contributed by atoms with Gasteiger partial charge in [0.2, 0.25) is 0 Å². The number of carbonyl (C=O) groups is 3. The van der Waals surface area contributed by atoms with E-state index in [1.807, 2.05) is 0 Å². The lowest BCUT2D eigenvalue weighted by Crippen LogP contribution is -2.69. The summed E-state index contributed by atoms with van der Waals surface area (Å²) >= 11 is 17.6. The highest BCUT2D eigenvalue weighted by Gasteiger charge is 2.75. The number of aliphatic hydroxyl groups is 2. The molecule has 0 saturated heterocycles. The molecule has 182 valence electrons. The van der Waals surface area contributed by atoms with Crippen LogP contribution in [-0.2, 0) is 14.4 Å². The second kappa shape index (κ2) is 7.85. The lowest BCUT2D eigenvalue weighted by molar-refractivity contribution is -0.177. The Labute approximate surface area is 209 Å². The largest absolute Gasteiger partial charge is 0.479 e. The molecule has 3 fully saturated rings. The Balaban J connectivity index is 1.90. The van der Waals surface area contributed by atoms with Crippen LogP contribution in [0, 0.1) is 28.1 Å². The molecule has 3 saturated carbocycles. The number of aliphatic hydroxyl groups excluding tert-OH is 2. The van der Waals surface area contributed by atoms with E-state index in [1.165, 1.54) is 6.08 Å². The molecule has 9 atom stereocenters. The monoisotopic (exact) mass is 566 g/mol. The maximum absolute atomic E-state index is 15.6. The molecule has 10 heteroatoms. The first-order valence-electron chi connectivity index (χ1n) is 10.9. The molecular weight excluding hydrogens is 542 g/mol. The van der Waals surface area contributed by atoms with Gasteiger partial charge in [-0.15, -0.1) is 23.2 Å². The first-order valence-corrected chi connectivity index (χ1v) is 12.5. The second-order valence-electron chi connectivity index (χ2n) is 10.3. The summed E-state index contributed by atoms with van der Waals surface area (Å²) in [6, 6.07) is 0. The van der Waals surface area contributed by atoms with Crippen molar-refractivity contribution in [1.29, 1.82) is 0 Å². The Bertz CT molecular complexity index is 1000. The van der Waals surface area contributed by atoms with Gasteiger partial charge in [-0.3, -0.25) is 9.59 Å². The van der Waals surface area contributed by atoms with Crippen LogP contribution >= 0.6 is 39.1 Å². The Morgan fingerprint density at radius 3 is 2.55 bits per heavy atom. The SMILES string of the molecule is C[C@]12C=C(Br)C(=O)C=C1[C@H](F)C[C@H]1[C@@H]3CC[C@@](C(=O)CO)(C(O)C(=O)O)[C@@]3(C)C[C@H](Cl)[C@@]12Cl. The van der Waals surface area contributed by atoms with Crippen LogP contribution in [0.4, 0.5) is 4.39 Å². The summed E-state index contributed by atoms with van der Waals surface area (Å²) in [6.07, 6.45) is -0.267. The number of carboxylic acid groups (broad SMARTS) is 1. The van der Waals surface area contributed by atoms with Crippen molar-refractivity contribution in [1.82, 2.24) is 0 Å². The summed E-state index contributed by atoms with van der Waals surface area (Å²) < 4.78 is 15.9. The molecular formula is C23H26BrCl2FO6. The van der Waals surface area contributed by atoms with E-state index in [-0.39, 0.29) is 35.1 Å². The van der Waals surface area contributed by atoms with Crippen LogP contribution in [0.5, 0.6) is 0 Å². The van der Waals surface area contributed by atoms with E-state index < -0.39 is 69.0 Å². The van der Waals surface area contributed by atoms with Gasteiger partial charge in [-0.25, -0.2) is 9.18 Å². The number of fused-ring (bicyclic) bond motifs is 5. The highest BCUT2D eigenvalue weighted by Crippen LogP contribution is 2.74. The zero-order valence-electron chi connectivity index (χ0n) is 18.2. The number of carbonyl (C=O) groups excluding carboxylic acids is 2. The molecule has 0 aromatic rings. The van der Waals surface area contributed by atoms with Gasteiger partial charge in [0.15, 0.2) is 17.7 Å². The third-order valence-corrected chi connectivity index (χ3v) is 11.4. The van der Waals surface area contributed by atoms with Crippen LogP contribution in [0.1, 0.15) is 39.5 Å². The smallest absolute Gasteiger partial charge is 0.333 e. The highest BCUT2D eigenvalue weighted by atomic mass is 79.9. The van der Waals surface area contributed by atoms with Crippen LogP contribution in [0.2, 0.25) is 0 Å². The van der Waals surface area contributed by atoms with Gasteiger partial charge in [-0.1, -0.05) is 19.9 Å². The van der Waals surface area contributed by atoms with Crippen LogP contribution in [0.3, 0.4) is 0 Å². The Morgan fingerprint density at radius 1 is 1.33 bits per heavy atom. The summed E-state index contributed by atoms with van der Waals surface area (Å²) in [5.74, 6) is -3.69. The fraction of sp³-hybridized carbons (Fsp3) is 0.696. The molecule has 33 heavy (non-hydrogen) atoms. The van der Waals surface area contributed by atoms with E-state index in [0.29, 0.717) is 6.42 Å². The number of hydrogen-bond donors (Lipinski definition) is 3. The van der Waals surface area contributed by atoms with Crippen molar-refractivity contribution in [2.75, 3.05) is 6.61 Å². The predicted octanol–water partition coefficient (Wildman–Crippen LogP) is 3.54. The molecule has 0 aromatic carbocycles. The number of ketones is 2. The molecule has 0 aromatic heterocycles. The van der Waals surface area contributed by atoms with Gasteiger partial charge in [0.1, 0.15) is 12.8 Å². The summed E-state index contributed by atoms with van der Waals surface area (Å²) in [7, 11) is 0. The first kappa shape index (κ1) is 25.3. The van der Waals surface area contributed by atoms with Crippen molar-refractivity contribution in [2.24, 2.45) is 28.1 Å². The molecule has 4 rings (SSSR count). The quantitative estimate of drug-likeness (QED) is 0.448. The Hall–Kier alpha value is -0.800. The van der Waals surface area contributed by atoms with Crippen molar-refractivity contribution in [3.63, 3.8) is 0 Å². The van der Waals surface area contributed by atoms with E-state index in [1.54, 1.807) is 19.9 Å². The Morgan fingerprint density at radius 2 is 1.97 bits per heavy atom. The summed E-state index contributed by atoms with van der Waals surface area (Å²) in [4.78, 5) is 35.9. The van der Waals surface area contributed by atoms with Crippen LogP contribution in [-0.4, -0.2) is 62.0 Å². The molecule has 3 N–H and O–H groups in total. The minimum absolute atomic E-state index is 0.0164. The van der Waals surface area contributed by atoms with Crippen molar-refractivity contribution in [2.45, 2.75) is 62.1 Å². The first-order chi connectivity index (χ1) is 15.2. The molecule has 0 radical (unpaired) electrons. The van der Waals surface area contributed by atoms with Crippen LogP contribution in [0.15, 0.2) is 22.2 Å². The maximum Gasteiger partial charge on any atom is 0.333 e. The van der Waals surface area contributed by atoms with E-state index in [0.717, 1.165) is 0 Å². The minimum Gasteiger partial charge on any atom is -0.479 e. The van der Waals surface area contributed by atoms with Gasteiger partial charge in [0, 0.05) is 5.41 Å². The van der Waals surface area contributed by atoms with Crippen molar-refractivity contribution in [3.8, 4) is 0 Å². The lowest BCUT2D eigenvalue weighted by atomic mass is 9.44. The number of allylic oxidation sites excluding steroid dienone is 4. The molecule has 6 nitrogen and oxygen atoms in total. The maximum atomic E-state index is 15.6. The van der Waals surface area contributed by atoms with E-state index in [4.69, 9.17) is 23.2 Å². The zero-order chi connectivity index (χ0) is 24.7. The van der Waals surface area contributed by atoms with Crippen LogP contribution in [0.25, 0.3) is 0 Å². The van der Waals surface area contributed by atoms with Gasteiger partial charge in [-0.05, 0) is 70.5 Å². The van der Waals surface area contributed by atoms with Gasteiger partial charge in [0.05, 0.1) is 20.1 Å². The lowest BCUT2D eigenvalue weighted by Gasteiger charge is -2.65. The fourth-order valence-corrected chi connectivity index (χ4v) is 9.43. The average molecular weight is 568 g/mol. The third kappa shape index (κ3) is 2.94. The third-order valence-electron chi connectivity index (χ3n) is 9.24. The van der Waals surface area contributed by atoms with Gasteiger partial charge >= 0.3 is 5.97 Å². The van der Waals surface area contributed by atoms with Gasteiger partial charge in [0.25, 0.3) is 0 Å². The normalized spacial score (nSPS) is 47.6. The topological polar surface area (TPSA) is 112 Å². The highest BCUT2D eigenvalue weighted by molar-refractivity contribution is 9.12. The van der Waals surface area contributed by atoms with Crippen molar-refractivity contribution < 1.29 is 34.1 Å². The van der Waals surface area contributed by atoms with E-state index in [2.05, 4.69) is 15.9 Å².